The summed E-state index contributed by atoms with van der Waals surface area (Å²) in [5.74, 6) is 2.72. The number of urea groups is 1. The molecule has 1 saturated heterocycles. The Morgan fingerprint density at radius 2 is 1.69 bits per heavy atom. The van der Waals surface area contributed by atoms with Crippen LogP contribution in [-0.2, 0) is 11.0 Å². The number of hydrogen-bond acceptors (Lipinski definition) is 4. The fourth-order valence-electron chi connectivity index (χ4n) is 7.13. The van der Waals surface area contributed by atoms with E-state index in [1.54, 1.807) is 4.90 Å². The number of alkyl halides is 3. The number of anilines is 1. The van der Waals surface area contributed by atoms with Crippen molar-refractivity contribution in [2.45, 2.75) is 63.1 Å². The van der Waals surface area contributed by atoms with Crippen LogP contribution in [0.2, 0.25) is 0 Å². The molecule has 0 aromatic carbocycles. The number of carbonyl (C=O) groups is 2. The monoisotopic (exact) mass is 493 g/mol. The molecule has 6 rings (SSSR count). The quantitative estimate of drug-likeness (QED) is 0.654. The number of halogens is 3. The minimum absolute atomic E-state index is 0.0256. The highest BCUT2D eigenvalue weighted by Gasteiger charge is 2.51. The molecule has 4 saturated carbocycles. The predicted molar refractivity (Wildman–Crippen MR) is 125 cm³/mol. The van der Waals surface area contributed by atoms with Gasteiger partial charge in [0.2, 0.25) is 5.91 Å². The number of rotatable bonds is 5. The van der Waals surface area contributed by atoms with Crippen LogP contribution >= 0.6 is 0 Å². The van der Waals surface area contributed by atoms with Crippen molar-refractivity contribution in [3.8, 4) is 0 Å². The molecule has 35 heavy (non-hydrogen) atoms. The van der Waals surface area contributed by atoms with Gasteiger partial charge in [0.15, 0.2) is 0 Å². The van der Waals surface area contributed by atoms with Crippen LogP contribution in [0.5, 0.6) is 0 Å². The molecule has 1 aromatic rings. The number of carbonyl (C=O) groups excluding carboxylic acids is 2. The highest BCUT2D eigenvalue weighted by atomic mass is 19.4. The maximum absolute atomic E-state index is 12.8. The van der Waals surface area contributed by atoms with Gasteiger partial charge in [0.05, 0.1) is 5.56 Å². The number of hydrogen-bond donors (Lipinski definition) is 2. The van der Waals surface area contributed by atoms with Gasteiger partial charge in [-0.05, 0) is 74.8 Å². The lowest BCUT2D eigenvalue weighted by Crippen LogP contribution is -2.61. The van der Waals surface area contributed by atoms with Gasteiger partial charge in [0.1, 0.15) is 5.82 Å². The van der Waals surface area contributed by atoms with Crippen LogP contribution < -0.4 is 15.5 Å². The Morgan fingerprint density at radius 3 is 2.29 bits per heavy atom. The Morgan fingerprint density at radius 1 is 1.00 bits per heavy atom. The van der Waals surface area contributed by atoms with E-state index < -0.39 is 11.7 Å². The first kappa shape index (κ1) is 24.2. The summed E-state index contributed by atoms with van der Waals surface area (Å²) in [4.78, 5) is 33.0. The zero-order valence-electron chi connectivity index (χ0n) is 19.9. The lowest BCUT2D eigenvalue weighted by atomic mass is 9.53. The van der Waals surface area contributed by atoms with Gasteiger partial charge in [-0.15, -0.1) is 0 Å². The first-order valence-corrected chi connectivity index (χ1v) is 12.8. The van der Waals surface area contributed by atoms with Crippen LogP contribution in [-0.4, -0.2) is 60.1 Å². The van der Waals surface area contributed by atoms with Gasteiger partial charge in [-0.25, -0.2) is 9.78 Å². The summed E-state index contributed by atoms with van der Waals surface area (Å²) in [6, 6.07) is 2.25. The molecule has 3 amide bonds. The molecule has 5 fully saturated rings. The van der Waals surface area contributed by atoms with E-state index in [0.717, 1.165) is 49.3 Å². The number of aromatic nitrogens is 1. The molecule has 0 atom stereocenters. The third-order valence-electron chi connectivity index (χ3n) is 8.29. The van der Waals surface area contributed by atoms with Crippen molar-refractivity contribution in [2.24, 2.45) is 17.8 Å². The summed E-state index contributed by atoms with van der Waals surface area (Å²) in [5.41, 5.74) is -0.823. The van der Waals surface area contributed by atoms with E-state index in [1.807, 2.05) is 4.90 Å². The fraction of sp³-hybridized carbons (Fsp3) is 0.720. The molecule has 4 aliphatic carbocycles. The summed E-state index contributed by atoms with van der Waals surface area (Å²) in [7, 11) is 0. The third kappa shape index (κ3) is 5.51. The second-order valence-corrected chi connectivity index (χ2v) is 11.0. The van der Waals surface area contributed by atoms with Crippen LogP contribution in [0.1, 0.15) is 56.9 Å². The number of amides is 3. The van der Waals surface area contributed by atoms with Crippen LogP contribution in [0.15, 0.2) is 18.3 Å². The van der Waals surface area contributed by atoms with Crippen LogP contribution in [0.4, 0.5) is 23.8 Å². The minimum atomic E-state index is -4.41. The second-order valence-electron chi connectivity index (χ2n) is 11.0. The molecule has 7 nitrogen and oxygen atoms in total. The summed E-state index contributed by atoms with van der Waals surface area (Å²) >= 11 is 0. The molecule has 2 N–H and O–H groups in total. The van der Waals surface area contributed by atoms with Crippen molar-refractivity contribution < 1.29 is 22.8 Å². The van der Waals surface area contributed by atoms with Crippen molar-refractivity contribution in [2.75, 3.05) is 37.6 Å². The maximum Gasteiger partial charge on any atom is 0.417 e. The zero-order valence-corrected chi connectivity index (χ0v) is 19.9. The molecule has 2 heterocycles. The topological polar surface area (TPSA) is 77.6 Å². The molecule has 10 heteroatoms. The van der Waals surface area contributed by atoms with E-state index in [1.165, 1.54) is 25.3 Å². The van der Waals surface area contributed by atoms with E-state index in [0.29, 0.717) is 38.4 Å². The molecule has 5 aliphatic rings. The van der Waals surface area contributed by atoms with Crippen LogP contribution in [0, 0.1) is 17.8 Å². The lowest BCUT2D eigenvalue weighted by Gasteiger charge is -2.56. The number of nitrogens with zero attached hydrogens (tertiary/aromatic N) is 3. The van der Waals surface area contributed by atoms with Gasteiger partial charge in [0.25, 0.3) is 0 Å². The standard InChI is InChI=1S/C25H34F3N5O2/c26-25(27,28)20-2-3-21(30-16-20)32-6-1-7-33(9-8-32)22(34)4-5-29-23(35)31-24-13-17-10-18(14-24)12-19(11-17)15-24/h2-3,16-19H,1,4-15H2,(H2,29,31,35). The normalized spacial score (nSPS) is 30.2. The number of pyridine rings is 1. The van der Waals surface area contributed by atoms with Gasteiger partial charge in [-0.2, -0.15) is 13.2 Å². The van der Waals surface area contributed by atoms with Crippen molar-refractivity contribution in [1.82, 2.24) is 20.5 Å². The molecule has 0 unspecified atom stereocenters. The summed E-state index contributed by atoms with van der Waals surface area (Å²) in [6.45, 7) is 2.46. The lowest BCUT2D eigenvalue weighted by molar-refractivity contribution is -0.137. The molecule has 1 aliphatic heterocycles. The first-order chi connectivity index (χ1) is 16.7. The fourth-order valence-corrected chi connectivity index (χ4v) is 7.13. The molecule has 192 valence electrons. The summed E-state index contributed by atoms with van der Waals surface area (Å²) < 4.78 is 38.3. The van der Waals surface area contributed by atoms with Gasteiger partial charge in [-0.3, -0.25) is 4.79 Å². The van der Waals surface area contributed by atoms with Gasteiger partial charge in [0, 0.05) is 50.9 Å². The van der Waals surface area contributed by atoms with Crippen LogP contribution in [0.3, 0.4) is 0 Å². The van der Waals surface area contributed by atoms with Gasteiger partial charge in [-0.1, -0.05) is 0 Å². The maximum atomic E-state index is 12.8. The van der Waals surface area contributed by atoms with Crippen molar-refractivity contribution in [3.63, 3.8) is 0 Å². The Balaban J connectivity index is 1.05. The van der Waals surface area contributed by atoms with Crippen molar-refractivity contribution in [1.29, 1.82) is 0 Å². The third-order valence-corrected chi connectivity index (χ3v) is 8.29. The van der Waals surface area contributed by atoms with Crippen molar-refractivity contribution >= 4 is 17.8 Å². The van der Waals surface area contributed by atoms with Gasteiger partial charge < -0.3 is 20.4 Å². The van der Waals surface area contributed by atoms with Gasteiger partial charge >= 0.3 is 12.2 Å². The average molecular weight is 494 g/mol. The SMILES string of the molecule is O=C(NCCC(=O)N1CCCN(c2ccc(C(F)(F)F)cn2)CC1)NC12CC3CC(CC(C3)C1)C2. The minimum Gasteiger partial charge on any atom is -0.355 e. The van der Waals surface area contributed by atoms with E-state index in [-0.39, 0.29) is 30.4 Å². The second kappa shape index (κ2) is 9.50. The van der Waals surface area contributed by atoms with Crippen LogP contribution in [0.25, 0.3) is 0 Å². The average Bonchev–Trinajstić information content (AvgIpc) is 3.04. The first-order valence-electron chi connectivity index (χ1n) is 12.8. The molecular formula is C25H34F3N5O2. The van der Waals surface area contributed by atoms with E-state index in [2.05, 4.69) is 15.6 Å². The summed E-state index contributed by atoms with van der Waals surface area (Å²) in [6.07, 6.45) is 4.59. The highest BCUT2D eigenvalue weighted by molar-refractivity contribution is 5.78. The molecule has 0 radical (unpaired) electrons. The Kier molecular flexibility index (Phi) is 6.57. The largest absolute Gasteiger partial charge is 0.417 e. The molecule has 0 spiro atoms. The Bertz CT molecular complexity index is 901. The van der Waals surface area contributed by atoms with E-state index in [4.69, 9.17) is 0 Å². The smallest absolute Gasteiger partial charge is 0.355 e. The Labute approximate surface area is 203 Å². The van der Waals surface area contributed by atoms with Crippen molar-refractivity contribution in [3.05, 3.63) is 23.9 Å². The zero-order chi connectivity index (χ0) is 24.6. The molecular weight excluding hydrogens is 459 g/mol. The predicted octanol–water partition coefficient (Wildman–Crippen LogP) is 3.80. The summed E-state index contributed by atoms with van der Waals surface area (Å²) in [5, 5.41) is 6.15. The molecule has 4 bridgehead atoms. The van der Waals surface area contributed by atoms with E-state index >= 15 is 0 Å². The Hall–Kier alpha value is -2.52. The molecule has 1 aromatic heterocycles. The number of nitrogens with one attached hydrogen (secondary N) is 2. The van der Waals surface area contributed by atoms with E-state index in [9.17, 15) is 22.8 Å². The highest BCUT2D eigenvalue weighted by Crippen LogP contribution is 2.55.